The first-order valence-electron chi connectivity index (χ1n) is 9.44. The van der Waals surface area contributed by atoms with Crippen molar-refractivity contribution in [2.45, 2.75) is 19.0 Å². The molecule has 4 rings (SSSR count). The van der Waals surface area contributed by atoms with Crippen LogP contribution in [0.4, 0.5) is 0 Å². The van der Waals surface area contributed by atoms with Gasteiger partial charge in [-0.05, 0) is 23.7 Å². The van der Waals surface area contributed by atoms with Crippen LogP contribution in [0.3, 0.4) is 0 Å². The van der Waals surface area contributed by atoms with Crippen molar-refractivity contribution in [1.82, 2.24) is 15.0 Å². The van der Waals surface area contributed by atoms with E-state index in [2.05, 4.69) is 65.6 Å². The van der Waals surface area contributed by atoms with E-state index in [0.29, 0.717) is 18.3 Å². The average Bonchev–Trinajstić information content (AvgIpc) is 3.18. The fourth-order valence-electron chi connectivity index (χ4n) is 3.41. The first kappa shape index (κ1) is 18.1. The van der Waals surface area contributed by atoms with Crippen LogP contribution in [0.5, 0.6) is 0 Å². The van der Waals surface area contributed by atoms with E-state index in [1.54, 1.807) is 0 Å². The van der Waals surface area contributed by atoms with Gasteiger partial charge >= 0.3 is 0 Å². The van der Waals surface area contributed by atoms with Crippen LogP contribution in [0.2, 0.25) is 0 Å². The van der Waals surface area contributed by atoms with Crippen molar-refractivity contribution in [2.75, 3.05) is 7.05 Å². The molecule has 4 heteroatoms. The monoisotopic (exact) mass is 369 g/mol. The molecule has 0 atom stereocenters. The van der Waals surface area contributed by atoms with E-state index in [0.717, 1.165) is 17.7 Å². The quantitative estimate of drug-likeness (QED) is 0.465. The van der Waals surface area contributed by atoms with Crippen molar-refractivity contribution < 1.29 is 4.52 Å². The summed E-state index contributed by atoms with van der Waals surface area (Å²) in [5.74, 6) is 1.28. The predicted molar refractivity (Wildman–Crippen MR) is 110 cm³/mol. The van der Waals surface area contributed by atoms with Crippen molar-refractivity contribution in [3.63, 3.8) is 0 Å². The Morgan fingerprint density at radius 1 is 0.750 bits per heavy atom. The standard InChI is InChI=1S/C24H23N3O/c1-27(17-19-11-5-2-6-12-19)18-22-25-24(26-28-22)23(20-13-7-3-8-14-20)21-15-9-4-10-16-21/h2-16,23H,17-18H2,1H3. The number of hydrogen-bond acceptors (Lipinski definition) is 4. The van der Waals surface area contributed by atoms with Gasteiger partial charge in [0.2, 0.25) is 5.89 Å². The summed E-state index contributed by atoms with van der Waals surface area (Å²) in [5.41, 5.74) is 3.56. The molecule has 0 N–H and O–H groups in total. The summed E-state index contributed by atoms with van der Waals surface area (Å²) in [6.07, 6.45) is 0. The minimum Gasteiger partial charge on any atom is -0.338 e. The van der Waals surface area contributed by atoms with Crippen LogP contribution in [0.1, 0.15) is 34.3 Å². The van der Waals surface area contributed by atoms with Gasteiger partial charge < -0.3 is 4.52 Å². The Bertz CT molecular complexity index is 945. The zero-order valence-corrected chi connectivity index (χ0v) is 15.9. The number of nitrogens with zero attached hydrogens (tertiary/aromatic N) is 3. The average molecular weight is 369 g/mol. The van der Waals surface area contributed by atoms with Crippen molar-refractivity contribution in [3.8, 4) is 0 Å². The molecule has 0 bridgehead atoms. The highest BCUT2D eigenvalue weighted by Gasteiger charge is 2.22. The van der Waals surface area contributed by atoms with Crippen LogP contribution in [0.15, 0.2) is 95.5 Å². The highest BCUT2D eigenvalue weighted by Crippen LogP contribution is 2.29. The molecule has 0 radical (unpaired) electrons. The van der Waals surface area contributed by atoms with E-state index in [4.69, 9.17) is 9.51 Å². The maximum absolute atomic E-state index is 5.59. The first-order valence-corrected chi connectivity index (χ1v) is 9.44. The molecule has 0 saturated heterocycles. The van der Waals surface area contributed by atoms with Crippen molar-refractivity contribution in [1.29, 1.82) is 0 Å². The lowest BCUT2D eigenvalue weighted by Gasteiger charge is -2.15. The third kappa shape index (κ3) is 4.35. The van der Waals surface area contributed by atoms with Crippen LogP contribution in [0, 0.1) is 0 Å². The van der Waals surface area contributed by atoms with Crippen LogP contribution >= 0.6 is 0 Å². The smallest absolute Gasteiger partial charge is 0.240 e. The predicted octanol–water partition coefficient (Wildman–Crippen LogP) is 4.88. The number of hydrogen-bond donors (Lipinski definition) is 0. The molecule has 0 amide bonds. The van der Waals surface area contributed by atoms with Gasteiger partial charge in [0.05, 0.1) is 12.5 Å². The normalized spacial score (nSPS) is 11.2. The molecule has 0 unspecified atom stereocenters. The van der Waals surface area contributed by atoms with E-state index in [1.165, 1.54) is 5.56 Å². The van der Waals surface area contributed by atoms with Crippen LogP contribution in [-0.4, -0.2) is 22.1 Å². The molecule has 1 heterocycles. The first-order chi connectivity index (χ1) is 13.8. The summed E-state index contributed by atoms with van der Waals surface area (Å²) in [6.45, 7) is 1.44. The highest BCUT2D eigenvalue weighted by molar-refractivity contribution is 5.37. The summed E-state index contributed by atoms with van der Waals surface area (Å²) in [6, 6.07) is 31.0. The van der Waals surface area contributed by atoms with Crippen molar-refractivity contribution in [2.24, 2.45) is 0 Å². The molecule has 1 aromatic heterocycles. The summed E-state index contributed by atoms with van der Waals surface area (Å²) in [4.78, 5) is 6.90. The van der Waals surface area contributed by atoms with Crippen LogP contribution in [-0.2, 0) is 13.1 Å². The minimum absolute atomic E-state index is 0.0423. The van der Waals surface area contributed by atoms with Gasteiger partial charge in [-0.2, -0.15) is 4.98 Å². The fourth-order valence-corrected chi connectivity index (χ4v) is 3.41. The Labute approximate surface area is 165 Å². The van der Waals surface area contributed by atoms with Gasteiger partial charge in [0.1, 0.15) is 0 Å². The number of benzene rings is 3. The fraction of sp³-hybridized carbons (Fsp3) is 0.167. The highest BCUT2D eigenvalue weighted by atomic mass is 16.5. The summed E-state index contributed by atoms with van der Waals surface area (Å²) in [7, 11) is 2.06. The molecular weight excluding hydrogens is 346 g/mol. The van der Waals surface area contributed by atoms with Crippen molar-refractivity contribution >= 4 is 0 Å². The topological polar surface area (TPSA) is 42.2 Å². The van der Waals surface area contributed by atoms with Gasteiger partial charge in [-0.15, -0.1) is 0 Å². The molecule has 4 aromatic rings. The molecule has 0 aliphatic carbocycles. The lowest BCUT2D eigenvalue weighted by molar-refractivity contribution is 0.260. The zero-order chi connectivity index (χ0) is 19.2. The Kier molecular flexibility index (Phi) is 5.59. The minimum atomic E-state index is -0.0423. The molecule has 140 valence electrons. The molecule has 4 nitrogen and oxygen atoms in total. The summed E-state index contributed by atoms with van der Waals surface area (Å²) >= 11 is 0. The third-order valence-electron chi connectivity index (χ3n) is 4.71. The lowest BCUT2D eigenvalue weighted by Crippen LogP contribution is -2.17. The van der Waals surface area contributed by atoms with Gasteiger partial charge in [0, 0.05) is 6.54 Å². The molecule has 0 spiro atoms. The number of rotatable bonds is 7. The van der Waals surface area contributed by atoms with Crippen LogP contribution < -0.4 is 0 Å². The summed E-state index contributed by atoms with van der Waals surface area (Å²) < 4.78 is 5.59. The van der Waals surface area contributed by atoms with E-state index in [-0.39, 0.29) is 5.92 Å². The second kappa shape index (κ2) is 8.63. The lowest BCUT2D eigenvalue weighted by atomic mass is 9.91. The Balaban J connectivity index is 1.55. The van der Waals surface area contributed by atoms with Gasteiger partial charge in [-0.3, -0.25) is 4.90 Å². The molecule has 0 aliphatic rings. The van der Waals surface area contributed by atoms with Crippen LogP contribution in [0.25, 0.3) is 0 Å². The van der Waals surface area contributed by atoms with E-state index < -0.39 is 0 Å². The van der Waals surface area contributed by atoms with E-state index in [1.807, 2.05) is 42.5 Å². The Hall–Kier alpha value is -3.24. The van der Waals surface area contributed by atoms with Gasteiger partial charge in [-0.25, -0.2) is 0 Å². The molecule has 3 aromatic carbocycles. The van der Waals surface area contributed by atoms with E-state index in [9.17, 15) is 0 Å². The second-order valence-corrected chi connectivity index (χ2v) is 6.96. The Morgan fingerprint density at radius 2 is 1.29 bits per heavy atom. The largest absolute Gasteiger partial charge is 0.338 e. The second-order valence-electron chi connectivity index (χ2n) is 6.96. The maximum Gasteiger partial charge on any atom is 0.240 e. The molecule has 0 aliphatic heterocycles. The summed E-state index contributed by atoms with van der Waals surface area (Å²) in [5, 5.41) is 4.32. The van der Waals surface area contributed by atoms with Gasteiger partial charge in [0.25, 0.3) is 0 Å². The maximum atomic E-state index is 5.59. The SMILES string of the molecule is CN(Cc1ccccc1)Cc1nc(C(c2ccccc2)c2ccccc2)no1. The van der Waals surface area contributed by atoms with Crippen molar-refractivity contribution in [3.05, 3.63) is 119 Å². The molecule has 0 fully saturated rings. The Morgan fingerprint density at radius 3 is 1.86 bits per heavy atom. The number of aromatic nitrogens is 2. The van der Waals surface area contributed by atoms with Gasteiger partial charge in [0.15, 0.2) is 5.82 Å². The molecule has 0 saturated carbocycles. The molecular formula is C24H23N3O. The third-order valence-corrected chi connectivity index (χ3v) is 4.71. The van der Waals surface area contributed by atoms with Gasteiger partial charge in [-0.1, -0.05) is 96.2 Å². The van der Waals surface area contributed by atoms with E-state index >= 15 is 0 Å². The molecule has 28 heavy (non-hydrogen) atoms. The zero-order valence-electron chi connectivity index (χ0n) is 15.9.